The highest BCUT2D eigenvalue weighted by molar-refractivity contribution is 4.74. The lowest BCUT2D eigenvalue weighted by Crippen LogP contribution is -2.25. The van der Waals surface area contributed by atoms with Gasteiger partial charge in [0.05, 0.1) is 0 Å². The van der Waals surface area contributed by atoms with Crippen LogP contribution in [0, 0.1) is 5.92 Å². The Morgan fingerprint density at radius 1 is 1.50 bits per heavy atom. The van der Waals surface area contributed by atoms with Gasteiger partial charge in [0.2, 0.25) is 0 Å². The van der Waals surface area contributed by atoms with Gasteiger partial charge in [0.25, 0.3) is 0 Å². The molecule has 2 heteroatoms. The molecule has 2 nitrogen and oxygen atoms in total. The molecule has 1 N–H and O–H groups in total. The molecule has 1 heterocycles. The number of hydrogen-bond donors (Lipinski definition) is 1. The molecule has 2 unspecified atom stereocenters. The van der Waals surface area contributed by atoms with Gasteiger partial charge in [0.1, 0.15) is 0 Å². The quantitative estimate of drug-likeness (QED) is 0.511. The Morgan fingerprint density at radius 3 is 2.25 bits per heavy atom. The predicted molar refractivity (Wildman–Crippen MR) is 31.7 cm³/mol. The summed E-state index contributed by atoms with van der Waals surface area (Å²) in [6.45, 7) is 5.07. The summed E-state index contributed by atoms with van der Waals surface area (Å²) < 4.78 is 0. The van der Waals surface area contributed by atoms with Crippen molar-refractivity contribution in [1.29, 1.82) is 0 Å². The van der Waals surface area contributed by atoms with Crippen LogP contribution in [0.5, 0.6) is 0 Å². The second-order valence-corrected chi connectivity index (χ2v) is 2.67. The summed E-state index contributed by atoms with van der Waals surface area (Å²) in [6.07, 6.45) is 1.14. The highest BCUT2D eigenvalue weighted by Gasteiger charge is 2.25. The molecule has 48 valence electrons. The van der Waals surface area contributed by atoms with Gasteiger partial charge in [-0.2, -0.15) is 5.06 Å². The van der Waals surface area contributed by atoms with Crippen LogP contribution in [0.1, 0.15) is 20.3 Å². The van der Waals surface area contributed by atoms with E-state index in [1.54, 1.807) is 0 Å². The maximum Gasteiger partial charge on any atom is 0.0348 e. The van der Waals surface area contributed by atoms with Gasteiger partial charge in [-0.1, -0.05) is 6.92 Å². The summed E-state index contributed by atoms with van der Waals surface area (Å²) in [4.78, 5) is 0. The largest absolute Gasteiger partial charge is 0.314 e. The van der Waals surface area contributed by atoms with Crippen molar-refractivity contribution >= 4 is 0 Å². The molecule has 0 aromatic heterocycles. The first-order valence-corrected chi connectivity index (χ1v) is 3.17. The standard InChI is InChI=1S/C6H13NO/c1-5-3-4-7(8)6(5)2/h5-6,8H,3-4H2,1-2H3. The molecule has 0 amide bonds. The molecule has 1 aliphatic rings. The number of hydroxylamine groups is 2. The van der Waals surface area contributed by atoms with Gasteiger partial charge in [-0.15, -0.1) is 0 Å². The number of nitrogens with zero attached hydrogens (tertiary/aromatic N) is 1. The van der Waals surface area contributed by atoms with E-state index in [1.807, 2.05) is 0 Å². The zero-order valence-corrected chi connectivity index (χ0v) is 5.46. The molecule has 0 aromatic carbocycles. The Morgan fingerprint density at radius 2 is 2.12 bits per heavy atom. The van der Waals surface area contributed by atoms with Gasteiger partial charge in [-0.25, -0.2) is 0 Å². The minimum atomic E-state index is 0.370. The van der Waals surface area contributed by atoms with Gasteiger partial charge in [0, 0.05) is 12.6 Å². The van der Waals surface area contributed by atoms with Crippen LogP contribution in [0.25, 0.3) is 0 Å². The Hall–Kier alpha value is -0.0800. The Bertz CT molecular complexity index is 74.6. The van der Waals surface area contributed by atoms with Crippen LogP contribution in [0.3, 0.4) is 0 Å². The van der Waals surface area contributed by atoms with Crippen LogP contribution >= 0.6 is 0 Å². The Balaban J connectivity index is 2.44. The normalized spacial score (nSPS) is 40.9. The lowest BCUT2D eigenvalue weighted by Gasteiger charge is -2.14. The minimum Gasteiger partial charge on any atom is -0.314 e. The third-order valence-electron chi connectivity index (χ3n) is 2.11. The predicted octanol–water partition coefficient (Wildman–Crippen LogP) is 1.11. The molecule has 1 aliphatic heterocycles. The van der Waals surface area contributed by atoms with E-state index in [4.69, 9.17) is 5.21 Å². The fourth-order valence-electron chi connectivity index (χ4n) is 1.07. The summed E-state index contributed by atoms with van der Waals surface area (Å²) in [6, 6.07) is 0.370. The molecule has 1 rings (SSSR count). The summed E-state index contributed by atoms with van der Waals surface area (Å²) >= 11 is 0. The third-order valence-corrected chi connectivity index (χ3v) is 2.11. The van der Waals surface area contributed by atoms with E-state index in [0.717, 1.165) is 13.0 Å². The summed E-state index contributed by atoms with van der Waals surface area (Å²) in [5.74, 6) is 0.667. The smallest absolute Gasteiger partial charge is 0.0348 e. The topological polar surface area (TPSA) is 23.5 Å². The minimum absolute atomic E-state index is 0.370. The molecule has 0 radical (unpaired) electrons. The van der Waals surface area contributed by atoms with Crippen LogP contribution in [-0.4, -0.2) is 22.9 Å². The second-order valence-electron chi connectivity index (χ2n) is 2.67. The monoisotopic (exact) mass is 115 g/mol. The molecule has 1 saturated heterocycles. The summed E-state index contributed by atoms with van der Waals surface area (Å²) in [5, 5.41) is 10.4. The average Bonchev–Trinajstić information content (AvgIpc) is 1.98. The van der Waals surface area contributed by atoms with Crippen molar-refractivity contribution < 1.29 is 5.21 Å². The van der Waals surface area contributed by atoms with Crippen molar-refractivity contribution in [2.75, 3.05) is 6.54 Å². The highest BCUT2D eigenvalue weighted by atomic mass is 16.5. The van der Waals surface area contributed by atoms with E-state index in [-0.39, 0.29) is 0 Å². The number of hydrogen-bond acceptors (Lipinski definition) is 2. The van der Waals surface area contributed by atoms with Crippen LogP contribution < -0.4 is 0 Å². The molecule has 0 aromatic rings. The fraction of sp³-hybridized carbons (Fsp3) is 1.00. The second kappa shape index (κ2) is 2.03. The van der Waals surface area contributed by atoms with Crippen LogP contribution in [0.2, 0.25) is 0 Å². The van der Waals surface area contributed by atoms with E-state index in [1.165, 1.54) is 5.06 Å². The maximum atomic E-state index is 9.00. The third kappa shape index (κ3) is 0.858. The van der Waals surface area contributed by atoms with Gasteiger partial charge in [-0.3, -0.25) is 0 Å². The highest BCUT2D eigenvalue weighted by Crippen LogP contribution is 2.20. The van der Waals surface area contributed by atoms with Crippen molar-refractivity contribution in [3.05, 3.63) is 0 Å². The van der Waals surface area contributed by atoms with E-state index >= 15 is 0 Å². The van der Waals surface area contributed by atoms with E-state index in [2.05, 4.69) is 13.8 Å². The van der Waals surface area contributed by atoms with Crippen molar-refractivity contribution in [1.82, 2.24) is 5.06 Å². The summed E-state index contributed by atoms with van der Waals surface area (Å²) in [7, 11) is 0. The lowest BCUT2D eigenvalue weighted by molar-refractivity contribution is -0.102. The van der Waals surface area contributed by atoms with Gasteiger partial charge >= 0.3 is 0 Å². The van der Waals surface area contributed by atoms with Crippen molar-refractivity contribution in [2.45, 2.75) is 26.3 Å². The van der Waals surface area contributed by atoms with Crippen LogP contribution in [0.15, 0.2) is 0 Å². The zero-order chi connectivity index (χ0) is 6.15. The van der Waals surface area contributed by atoms with Crippen molar-refractivity contribution in [3.63, 3.8) is 0 Å². The average molecular weight is 115 g/mol. The Labute approximate surface area is 50.1 Å². The molecule has 0 bridgehead atoms. The molecule has 0 aliphatic carbocycles. The molecule has 8 heavy (non-hydrogen) atoms. The van der Waals surface area contributed by atoms with E-state index < -0.39 is 0 Å². The molecular weight excluding hydrogens is 102 g/mol. The first-order chi connectivity index (χ1) is 3.72. The van der Waals surface area contributed by atoms with Crippen LogP contribution in [0.4, 0.5) is 0 Å². The first kappa shape index (κ1) is 6.05. The zero-order valence-electron chi connectivity index (χ0n) is 5.46. The molecular formula is C6H13NO. The number of rotatable bonds is 0. The molecule has 2 atom stereocenters. The van der Waals surface area contributed by atoms with Crippen molar-refractivity contribution in [3.8, 4) is 0 Å². The molecule has 0 spiro atoms. The van der Waals surface area contributed by atoms with Gasteiger partial charge in [-0.05, 0) is 19.3 Å². The van der Waals surface area contributed by atoms with Gasteiger partial charge in [0.15, 0.2) is 0 Å². The first-order valence-electron chi connectivity index (χ1n) is 3.17. The van der Waals surface area contributed by atoms with E-state index in [9.17, 15) is 0 Å². The van der Waals surface area contributed by atoms with E-state index in [0.29, 0.717) is 12.0 Å². The lowest BCUT2D eigenvalue weighted by atomic mass is 10.1. The SMILES string of the molecule is CC1CCN(O)C1C. The molecule has 0 saturated carbocycles. The van der Waals surface area contributed by atoms with Crippen LogP contribution in [-0.2, 0) is 0 Å². The maximum absolute atomic E-state index is 9.00. The van der Waals surface area contributed by atoms with Gasteiger partial charge < -0.3 is 5.21 Å². The Kier molecular flexibility index (Phi) is 1.54. The van der Waals surface area contributed by atoms with Crippen molar-refractivity contribution in [2.24, 2.45) is 5.92 Å². The summed E-state index contributed by atoms with van der Waals surface area (Å²) in [5.41, 5.74) is 0. The fourth-order valence-corrected chi connectivity index (χ4v) is 1.07. The molecule has 1 fully saturated rings.